The highest BCUT2D eigenvalue weighted by atomic mass is 16.5. The third-order valence-corrected chi connectivity index (χ3v) is 3.45. The number of rotatable bonds is 8. The summed E-state index contributed by atoms with van der Waals surface area (Å²) in [5.41, 5.74) is 2.66. The highest BCUT2D eigenvalue weighted by molar-refractivity contribution is 6.27. The molecule has 2 aromatic carbocycles. The first-order chi connectivity index (χ1) is 12.5. The fourth-order valence-corrected chi connectivity index (χ4v) is 2.13. The third kappa shape index (κ3) is 9.44. The molecule has 2 aromatic rings. The Kier molecular flexibility index (Phi) is 10.2. The number of hydrogen-bond acceptors (Lipinski definition) is 4. The summed E-state index contributed by atoms with van der Waals surface area (Å²) in [5, 5.41) is 17.9. The molecule has 0 bridgehead atoms. The van der Waals surface area contributed by atoms with E-state index in [1.165, 1.54) is 11.1 Å². The first-order valence-electron chi connectivity index (χ1n) is 8.39. The van der Waals surface area contributed by atoms with Crippen LogP contribution in [0.5, 0.6) is 5.75 Å². The lowest BCUT2D eigenvalue weighted by molar-refractivity contribution is -0.159. The number of carbonyl (C=O) groups is 2. The van der Waals surface area contributed by atoms with E-state index in [2.05, 4.69) is 59.9 Å². The molecule has 0 aliphatic carbocycles. The van der Waals surface area contributed by atoms with Crippen molar-refractivity contribution in [2.24, 2.45) is 0 Å². The number of carboxylic acids is 2. The lowest BCUT2D eigenvalue weighted by Crippen LogP contribution is -2.09. The van der Waals surface area contributed by atoms with Gasteiger partial charge in [-0.2, -0.15) is 0 Å². The van der Waals surface area contributed by atoms with Crippen LogP contribution in [0, 0.1) is 0 Å². The van der Waals surface area contributed by atoms with E-state index in [4.69, 9.17) is 24.5 Å². The maximum Gasteiger partial charge on any atom is 0.414 e. The second-order valence-corrected chi connectivity index (χ2v) is 5.58. The first kappa shape index (κ1) is 21.2. The van der Waals surface area contributed by atoms with Crippen molar-refractivity contribution in [3.05, 3.63) is 65.7 Å². The van der Waals surface area contributed by atoms with E-state index >= 15 is 0 Å². The lowest BCUT2D eigenvalue weighted by atomic mass is 10.1. The zero-order chi connectivity index (χ0) is 19.2. The Morgan fingerprint density at radius 3 is 2.00 bits per heavy atom. The monoisotopic (exact) mass is 359 g/mol. The number of nitrogens with one attached hydrogen (secondary N) is 1. The van der Waals surface area contributed by atoms with E-state index in [9.17, 15) is 0 Å². The van der Waals surface area contributed by atoms with Crippen LogP contribution in [0.25, 0.3) is 0 Å². The lowest BCUT2D eigenvalue weighted by Gasteiger charge is -2.07. The molecule has 2 rings (SSSR count). The van der Waals surface area contributed by atoms with Crippen molar-refractivity contribution in [3.63, 3.8) is 0 Å². The van der Waals surface area contributed by atoms with Crippen LogP contribution in [0.1, 0.15) is 24.0 Å². The van der Waals surface area contributed by atoms with Gasteiger partial charge in [0.1, 0.15) is 5.75 Å². The van der Waals surface area contributed by atoms with Gasteiger partial charge >= 0.3 is 11.9 Å². The molecule has 0 aliphatic rings. The van der Waals surface area contributed by atoms with E-state index < -0.39 is 11.9 Å². The van der Waals surface area contributed by atoms with E-state index in [0.717, 1.165) is 38.2 Å². The van der Waals surface area contributed by atoms with Gasteiger partial charge in [0.25, 0.3) is 0 Å². The average Bonchev–Trinajstić information content (AvgIpc) is 2.64. The summed E-state index contributed by atoms with van der Waals surface area (Å²) in [5.74, 6) is -2.68. The Bertz CT molecular complexity index is 644. The molecule has 0 saturated heterocycles. The standard InChI is InChI=1S/C18H23NO.C2H2O4/c1-19-13-5-6-14-20-18-11-9-17(10-12-18)15-16-7-3-2-4-8-16;3-1(4)2(5)6/h2-4,7-12,19H,5-6,13-15H2,1H3;(H,3,4)(H,5,6). The molecule has 140 valence electrons. The second kappa shape index (κ2) is 12.5. The molecular formula is C20H25NO5. The molecule has 0 fully saturated rings. The molecule has 0 heterocycles. The zero-order valence-corrected chi connectivity index (χ0v) is 14.9. The summed E-state index contributed by atoms with van der Waals surface area (Å²) in [6.45, 7) is 1.85. The number of carboxylic acid groups (broad SMARTS) is 2. The number of hydrogen-bond donors (Lipinski definition) is 3. The van der Waals surface area contributed by atoms with Gasteiger partial charge in [-0.1, -0.05) is 42.5 Å². The van der Waals surface area contributed by atoms with Crippen molar-refractivity contribution >= 4 is 11.9 Å². The fraction of sp³-hybridized carbons (Fsp3) is 0.300. The van der Waals surface area contributed by atoms with Gasteiger partial charge < -0.3 is 20.3 Å². The minimum Gasteiger partial charge on any atom is -0.494 e. The Morgan fingerprint density at radius 1 is 0.885 bits per heavy atom. The quantitative estimate of drug-likeness (QED) is 0.495. The van der Waals surface area contributed by atoms with Crippen molar-refractivity contribution in [2.45, 2.75) is 19.3 Å². The Labute approximate surface area is 153 Å². The smallest absolute Gasteiger partial charge is 0.414 e. The van der Waals surface area contributed by atoms with E-state index in [0.29, 0.717) is 0 Å². The van der Waals surface area contributed by atoms with Gasteiger partial charge in [-0.15, -0.1) is 0 Å². The van der Waals surface area contributed by atoms with Gasteiger partial charge in [-0.25, -0.2) is 9.59 Å². The minimum atomic E-state index is -1.82. The fourth-order valence-electron chi connectivity index (χ4n) is 2.13. The van der Waals surface area contributed by atoms with Gasteiger partial charge in [-0.3, -0.25) is 0 Å². The molecule has 0 aromatic heterocycles. The van der Waals surface area contributed by atoms with Crippen LogP contribution >= 0.6 is 0 Å². The summed E-state index contributed by atoms with van der Waals surface area (Å²) in [4.78, 5) is 18.2. The Morgan fingerprint density at radius 2 is 1.46 bits per heavy atom. The summed E-state index contributed by atoms with van der Waals surface area (Å²) >= 11 is 0. The van der Waals surface area contributed by atoms with E-state index in [1.54, 1.807) is 0 Å². The van der Waals surface area contributed by atoms with E-state index in [-0.39, 0.29) is 0 Å². The highest BCUT2D eigenvalue weighted by Gasteiger charge is 2.04. The number of unbranched alkanes of at least 4 members (excludes halogenated alkanes) is 1. The summed E-state index contributed by atoms with van der Waals surface area (Å²) in [6, 6.07) is 19.0. The summed E-state index contributed by atoms with van der Waals surface area (Å²) in [6.07, 6.45) is 3.22. The SMILES string of the molecule is CNCCCCOc1ccc(Cc2ccccc2)cc1.O=C(O)C(=O)O. The molecule has 0 unspecified atom stereocenters. The Hall–Kier alpha value is -2.86. The van der Waals surface area contributed by atoms with Crippen LogP contribution in [0.15, 0.2) is 54.6 Å². The molecule has 6 heteroatoms. The topological polar surface area (TPSA) is 95.9 Å². The van der Waals surface area contributed by atoms with Crippen LogP contribution in [-0.4, -0.2) is 42.4 Å². The molecule has 0 radical (unpaired) electrons. The van der Waals surface area contributed by atoms with Gasteiger partial charge in [0.05, 0.1) is 6.61 Å². The van der Waals surface area contributed by atoms with Gasteiger partial charge in [0.15, 0.2) is 0 Å². The zero-order valence-electron chi connectivity index (χ0n) is 14.9. The molecule has 0 amide bonds. The van der Waals surface area contributed by atoms with Crippen molar-refractivity contribution in [2.75, 3.05) is 20.2 Å². The molecule has 3 N–H and O–H groups in total. The molecule has 26 heavy (non-hydrogen) atoms. The maximum absolute atomic E-state index is 9.10. The molecule has 0 spiro atoms. The van der Waals surface area contributed by atoms with Crippen LogP contribution < -0.4 is 10.1 Å². The molecule has 6 nitrogen and oxygen atoms in total. The predicted octanol–water partition coefficient (Wildman–Crippen LogP) is 2.81. The minimum absolute atomic E-state index is 0.791. The van der Waals surface area contributed by atoms with Gasteiger partial charge in [0.2, 0.25) is 0 Å². The largest absolute Gasteiger partial charge is 0.494 e. The summed E-state index contributed by atoms with van der Waals surface area (Å²) in [7, 11) is 1.98. The van der Waals surface area contributed by atoms with Crippen molar-refractivity contribution < 1.29 is 24.5 Å². The Balaban J connectivity index is 0.000000487. The predicted molar refractivity (Wildman–Crippen MR) is 99.6 cm³/mol. The third-order valence-electron chi connectivity index (χ3n) is 3.45. The van der Waals surface area contributed by atoms with Crippen molar-refractivity contribution in [1.82, 2.24) is 5.32 Å². The maximum atomic E-state index is 9.10. The molecule has 0 saturated carbocycles. The molecule has 0 aliphatic heterocycles. The highest BCUT2D eigenvalue weighted by Crippen LogP contribution is 2.15. The molecule has 0 atom stereocenters. The van der Waals surface area contributed by atoms with Crippen molar-refractivity contribution in [1.29, 1.82) is 0 Å². The number of aliphatic carboxylic acids is 2. The molecular weight excluding hydrogens is 334 g/mol. The van der Waals surface area contributed by atoms with E-state index in [1.807, 2.05) is 7.05 Å². The summed E-state index contributed by atoms with van der Waals surface area (Å²) < 4.78 is 5.73. The number of ether oxygens (including phenoxy) is 1. The van der Waals surface area contributed by atoms with Crippen LogP contribution in [-0.2, 0) is 16.0 Å². The van der Waals surface area contributed by atoms with Crippen LogP contribution in [0.4, 0.5) is 0 Å². The average molecular weight is 359 g/mol. The second-order valence-electron chi connectivity index (χ2n) is 5.58. The van der Waals surface area contributed by atoms with Gasteiger partial charge in [0, 0.05) is 0 Å². The van der Waals surface area contributed by atoms with Crippen LogP contribution in [0.3, 0.4) is 0 Å². The van der Waals surface area contributed by atoms with Crippen molar-refractivity contribution in [3.8, 4) is 5.75 Å². The van der Waals surface area contributed by atoms with Crippen LogP contribution in [0.2, 0.25) is 0 Å². The first-order valence-corrected chi connectivity index (χ1v) is 8.39. The van der Waals surface area contributed by atoms with Gasteiger partial charge in [-0.05, 0) is 56.1 Å². The normalized spacial score (nSPS) is 9.73. The number of benzene rings is 2.